The molecule has 0 radical (unpaired) electrons. The number of rotatable bonds is 15. The Bertz CT molecular complexity index is 1010. The van der Waals surface area contributed by atoms with Gasteiger partial charge < -0.3 is 27.0 Å². The number of carbonyl (C=O) groups is 1. The molecular weight excluding hydrogens is 458 g/mol. The summed E-state index contributed by atoms with van der Waals surface area (Å²) in [5.41, 5.74) is 16.0. The Hall–Kier alpha value is -3.09. The topological polar surface area (TPSA) is 96.4 Å². The summed E-state index contributed by atoms with van der Waals surface area (Å²) in [6.45, 7) is 13.6. The zero-order valence-corrected chi connectivity index (χ0v) is 22.5. The molecule has 5 atom stereocenters. The van der Waals surface area contributed by atoms with Crippen LogP contribution in [0.25, 0.3) is 0 Å². The summed E-state index contributed by atoms with van der Waals surface area (Å²) in [6.07, 6.45) is 5.15. The first-order valence-electron chi connectivity index (χ1n) is 13.6. The van der Waals surface area contributed by atoms with Gasteiger partial charge in [-0.25, -0.2) is 0 Å². The van der Waals surface area contributed by atoms with Crippen LogP contribution < -0.4 is 22.1 Å². The number of unbranched alkanes of at least 4 members (excludes halogenated alkanes) is 1. The second-order valence-corrected chi connectivity index (χ2v) is 10.4. The summed E-state index contributed by atoms with van der Waals surface area (Å²) in [5, 5.41) is 7.01. The Morgan fingerprint density at radius 3 is 2.19 bits per heavy atom. The van der Waals surface area contributed by atoms with Gasteiger partial charge in [0.2, 0.25) is 5.91 Å². The molecule has 5 unspecified atom stereocenters. The first-order chi connectivity index (χ1) is 17.8. The van der Waals surface area contributed by atoms with E-state index in [1.807, 2.05) is 41.3 Å². The maximum Gasteiger partial charge on any atom is 0.245 e. The van der Waals surface area contributed by atoms with Crippen molar-refractivity contribution >= 4 is 5.91 Å². The fraction of sp³-hybridized carbons (Fsp3) is 0.452. The van der Waals surface area contributed by atoms with E-state index in [0.717, 1.165) is 37.1 Å². The Labute approximate surface area is 223 Å². The van der Waals surface area contributed by atoms with E-state index >= 15 is 0 Å². The van der Waals surface area contributed by atoms with E-state index in [1.165, 1.54) is 11.1 Å². The van der Waals surface area contributed by atoms with Crippen molar-refractivity contribution in [2.75, 3.05) is 6.54 Å². The Morgan fingerprint density at radius 1 is 1.00 bits per heavy atom. The molecule has 6 N–H and O–H groups in total. The third kappa shape index (κ3) is 8.20. The van der Waals surface area contributed by atoms with Crippen LogP contribution in [0.2, 0.25) is 0 Å². The van der Waals surface area contributed by atoms with Crippen molar-refractivity contribution in [1.29, 1.82) is 0 Å². The summed E-state index contributed by atoms with van der Waals surface area (Å²) in [6, 6.07) is 20.1. The maximum absolute atomic E-state index is 13.4. The molecule has 1 fully saturated rings. The van der Waals surface area contributed by atoms with E-state index in [9.17, 15) is 4.79 Å². The van der Waals surface area contributed by atoms with Crippen LogP contribution >= 0.6 is 0 Å². The van der Waals surface area contributed by atoms with Crippen molar-refractivity contribution in [3.63, 3.8) is 0 Å². The molecule has 2 aromatic carbocycles. The molecule has 1 heterocycles. The van der Waals surface area contributed by atoms with E-state index in [4.69, 9.17) is 11.5 Å². The average Bonchev–Trinajstić information content (AvgIpc) is 3.17. The third-order valence-corrected chi connectivity index (χ3v) is 7.32. The summed E-state index contributed by atoms with van der Waals surface area (Å²) < 4.78 is 0. The number of hydrogen-bond acceptors (Lipinski definition) is 5. The van der Waals surface area contributed by atoms with Gasteiger partial charge in [0, 0.05) is 29.5 Å². The van der Waals surface area contributed by atoms with Crippen molar-refractivity contribution < 1.29 is 4.79 Å². The quantitative estimate of drug-likeness (QED) is 0.277. The van der Waals surface area contributed by atoms with Crippen LogP contribution in [-0.4, -0.2) is 47.6 Å². The van der Waals surface area contributed by atoms with Gasteiger partial charge in [-0.05, 0) is 63.6 Å². The highest BCUT2D eigenvalue weighted by Gasteiger charge is 2.39. The van der Waals surface area contributed by atoms with Crippen LogP contribution in [0.1, 0.15) is 50.7 Å². The molecule has 0 aromatic heterocycles. The minimum absolute atomic E-state index is 0.145. The van der Waals surface area contributed by atoms with Crippen LogP contribution in [0.5, 0.6) is 0 Å². The van der Waals surface area contributed by atoms with Gasteiger partial charge in [-0.1, -0.05) is 80.2 Å². The van der Waals surface area contributed by atoms with Gasteiger partial charge in [0.25, 0.3) is 0 Å². The Morgan fingerprint density at radius 2 is 1.59 bits per heavy atom. The molecule has 6 nitrogen and oxygen atoms in total. The van der Waals surface area contributed by atoms with Gasteiger partial charge in [0.1, 0.15) is 6.04 Å². The van der Waals surface area contributed by atoms with E-state index in [-0.39, 0.29) is 36.1 Å². The number of nitrogens with zero attached hydrogens (tertiary/aromatic N) is 1. The lowest BCUT2D eigenvalue weighted by atomic mass is 10.00. The van der Waals surface area contributed by atoms with E-state index in [0.29, 0.717) is 19.4 Å². The second-order valence-electron chi connectivity index (χ2n) is 10.4. The summed E-state index contributed by atoms with van der Waals surface area (Å²) >= 11 is 0. The van der Waals surface area contributed by atoms with Crippen LogP contribution in [0.15, 0.2) is 85.2 Å². The molecule has 1 amide bonds. The lowest BCUT2D eigenvalue weighted by molar-refractivity contribution is -0.132. The number of amides is 1. The van der Waals surface area contributed by atoms with Crippen molar-refractivity contribution in [1.82, 2.24) is 15.5 Å². The normalized spacial score (nSPS) is 19.8. The second kappa shape index (κ2) is 14.0. The predicted octanol–water partition coefficient (Wildman–Crippen LogP) is 3.88. The number of likely N-dealkylation sites (tertiary alicyclic amines) is 1. The number of benzene rings is 2. The predicted molar refractivity (Wildman–Crippen MR) is 154 cm³/mol. The first-order valence-corrected chi connectivity index (χ1v) is 13.6. The molecule has 1 saturated heterocycles. The van der Waals surface area contributed by atoms with Crippen LogP contribution in [0, 0.1) is 0 Å². The Balaban J connectivity index is 1.67. The number of nitrogens with one attached hydrogen (secondary N) is 2. The molecular formula is C31H45N5O. The fourth-order valence-electron chi connectivity index (χ4n) is 5.21. The molecule has 200 valence electrons. The lowest BCUT2D eigenvalue weighted by Crippen LogP contribution is -2.47. The standard InChI is InChI=1S/C31H45N5O/c1-22(13-11-12-18-32)36-23(2)19-30(31(36)37)35-25(4)29(21-27-16-9-6-10-17-27)34-24(3)28(33)20-26-14-7-5-8-15-26/h5-10,14-17,22-23,28-30,34-35H,3-4,11-13,18-21,32-33H2,1-2H3. The van der Waals surface area contributed by atoms with Crippen LogP contribution in [0.3, 0.4) is 0 Å². The van der Waals surface area contributed by atoms with E-state index in [1.54, 1.807) is 0 Å². The third-order valence-electron chi connectivity index (χ3n) is 7.32. The molecule has 0 aliphatic carbocycles. The molecule has 0 saturated carbocycles. The van der Waals surface area contributed by atoms with Crippen molar-refractivity contribution in [2.45, 2.75) is 82.6 Å². The number of hydrogen-bond donors (Lipinski definition) is 4. The molecule has 6 heteroatoms. The van der Waals surface area contributed by atoms with Gasteiger partial charge in [0.05, 0.1) is 6.04 Å². The molecule has 0 bridgehead atoms. The van der Waals surface area contributed by atoms with Crippen molar-refractivity contribution in [3.05, 3.63) is 96.3 Å². The summed E-state index contributed by atoms with van der Waals surface area (Å²) in [5.74, 6) is 0.145. The van der Waals surface area contributed by atoms with E-state index in [2.05, 4.69) is 61.9 Å². The Kier molecular flexibility index (Phi) is 10.8. The van der Waals surface area contributed by atoms with Gasteiger partial charge in [-0.15, -0.1) is 0 Å². The minimum atomic E-state index is -0.286. The molecule has 1 aliphatic rings. The highest BCUT2D eigenvalue weighted by Crippen LogP contribution is 2.25. The highest BCUT2D eigenvalue weighted by molar-refractivity contribution is 5.85. The van der Waals surface area contributed by atoms with Crippen molar-refractivity contribution in [2.24, 2.45) is 11.5 Å². The first kappa shape index (κ1) is 28.5. The molecule has 3 rings (SSSR count). The lowest BCUT2D eigenvalue weighted by Gasteiger charge is -2.30. The van der Waals surface area contributed by atoms with E-state index < -0.39 is 0 Å². The summed E-state index contributed by atoms with van der Waals surface area (Å²) in [4.78, 5) is 15.4. The summed E-state index contributed by atoms with van der Waals surface area (Å²) in [7, 11) is 0. The highest BCUT2D eigenvalue weighted by atomic mass is 16.2. The van der Waals surface area contributed by atoms with Crippen LogP contribution in [-0.2, 0) is 17.6 Å². The minimum Gasteiger partial charge on any atom is -0.379 e. The van der Waals surface area contributed by atoms with Gasteiger partial charge in [-0.2, -0.15) is 0 Å². The zero-order valence-electron chi connectivity index (χ0n) is 22.5. The maximum atomic E-state index is 13.4. The molecule has 1 aliphatic heterocycles. The monoisotopic (exact) mass is 503 g/mol. The molecule has 2 aromatic rings. The fourth-order valence-corrected chi connectivity index (χ4v) is 5.21. The molecule has 37 heavy (non-hydrogen) atoms. The largest absolute Gasteiger partial charge is 0.379 e. The number of nitrogens with two attached hydrogens (primary N) is 2. The van der Waals surface area contributed by atoms with Crippen LogP contribution in [0.4, 0.5) is 0 Å². The zero-order chi connectivity index (χ0) is 26.8. The van der Waals surface area contributed by atoms with Crippen molar-refractivity contribution in [3.8, 4) is 0 Å². The SMILES string of the molecule is C=C(NC(Cc1ccccc1)C(=C)NC1CC(C)N(C(C)CCCCN)C1=O)C(N)Cc1ccccc1. The van der Waals surface area contributed by atoms with Gasteiger partial charge in [-0.3, -0.25) is 4.79 Å². The smallest absolute Gasteiger partial charge is 0.245 e. The van der Waals surface area contributed by atoms with Gasteiger partial charge in [0.15, 0.2) is 0 Å². The average molecular weight is 504 g/mol. The number of carbonyl (C=O) groups excluding carboxylic acids is 1. The molecule has 0 spiro atoms. The van der Waals surface area contributed by atoms with Gasteiger partial charge >= 0.3 is 0 Å².